The molecule has 1 aromatic heterocycles. The summed E-state index contributed by atoms with van der Waals surface area (Å²) in [6.07, 6.45) is 0.523. The van der Waals surface area contributed by atoms with Gasteiger partial charge >= 0.3 is 0 Å². The number of hydrogen-bond donors (Lipinski definition) is 3. The molecule has 1 unspecified atom stereocenters. The van der Waals surface area contributed by atoms with E-state index in [1.807, 2.05) is 0 Å². The lowest BCUT2D eigenvalue weighted by atomic mass is 10.2. The van der Waals surface area contributed by atoms with E-state index in [0.717, 1.165) is 3.79 Å². The average molecular weight is 474 g/mol. The first-order valence-electron chi connectivity index (χ1n) is 8.18. The number of amides is 2. The fraction of sp³-hybridized carbons (Fsp3) is 0.294. The first kappa shape index (κ1) is 21.4. The molecule has 2 amide bonds. The van der Waals surface area contributed by atoms with Crippen LogP contribution < -0.4 is 15.4 Å². The van der Waals surface area contributed by atoms with Crippen molar-refractivity contribution >= 4 is 60.5 Å². The van der Waals surface area contributed by atoms with Gasteiger partial charge in [-0.15, -0.1) is 11.3 Å². The highest BCUT2D eigenvalue weighted by atomic mass is 79.9. The molecule has 0 radical (unpaired) electrons. The second kappa shape index (κ2) is 9.34. The highest BCUT2D eigenvalue weighted by molar-refractivity contribution is 9.11. The third-order valence-electron chi connectivity index (χ3n) is 3.44. The van der Waals surface area contributed by atoms with Crippen LogP contribution in [0.4, 0.5) is 11.4 Å². The fourth-order valence-corrected chi connectivity index (χ4v) is 4.57. The number of nitrogens with one attached hydrogen (secondary N) is 3. The van der Waals surface area contributed by atoms with Gasteiger partial charge in [-0.3, -0.25) is 14.3 Å². The zero-order chi connectivity index (χ0) is 20.0. The summed E-state index contributed by atoms with van der Waals surface area (Å²) in [6, 6.07) is 9.01. The molecule has 0 saturated heterocycles. The lowest BCUT2D eigenvalue weighted by Gasteiger charge is -2.14. The van der Waals surface area contributed by atoms with Crippen molar-refractivity contribution in [1.82, 2.24) is 5.32 Å². The van der Waals surface area contributed by atoms with Crippen LogP contribution in [-0.4, -0.2) is 32.0 Å². The molecule has 0 saturated carbocycles. The van der Waals surface area contributed by atoms with Crippen LogP contribution in [0.3, 0.4) is 0 Å². The quantitative estimate of drug-likeness (QED) is 0.545. The van der Waals surface area contributed by atoms with E-state index in [4.69, 9.17) is 0 Å². The van der Waals surface area contributed by atoms with E-state index in [1.54, 1.807) is 50.2 Å². The summed E-state index contributed by atoms with van der Waals surface area (Å²) in [5.74, 6) is -0.656. The number of carbonyl (C=O) groups is 2. The third kappa shape index (κ3) is 6.64. The SMILES string of the molecule is CCCS(=O)(=O)Nc1ccc(NC(=O)C(C)NC(=O)c2ccc(Br)s2)cc1. The van der Waals surface area contributed by atoms with Gasteiger partial charge in [-0.2, -0.15) is 0 Å². The number of hydrogen-bond acceptors (Lipinski definition) is 5. The summed E-state index contributed by atoms with van der Waals surface area (Å²) < 4.78 is 26.8. The number of rotatable bonds is 8. The van der Waals surface area contributed by atoms with E-state index in [1.165, 1.54) is 11.3 Å². The summed E-state index contributed by atoms with van der Waals surface area (Å²) in [5.41, 5.74) is 0.921. The molecular weight excluding hydrogens is 454 g/mol. The number of sulfonamides is 1. The minimum atomic E-state index is -3.36. The largest absolute Gasteiger partial charge is 0.340 e. The minimum Gasteiger partial charge on any atom is -0.340 e. The molecule has 1 atom stereocenters. The Morgan fingerprint density at radius 2 is 1.74 bits per heavy atom. The van der Waals surface area contributed by atoms with Crippen LogP contribution in [0.15, 0.2) is 40.2 Å². The van der Waals surface area contributed by atoms with Crippen LogP contribution in [0.5, 0.6) is 0 Å². The van der Waals surface area contributed by atoms with Crippen molar-refractivity contribution < 1.29 is 18.0 Å². The van der Waals surface area contributed by atoms with Crippen molar-refractivity contribution in [3.63, 3.8) is 0 Å². The Kier molecular flexibility index (Phi) is 7.40. The lowest BCUT2D eigenvalue weighted by Crippen LogP contribution is -2.41. The van der Waals surface area contributed by atoms with Gasteiger partial charge in [0.25, 0.3) is 5.91 Å². The Bertz CT molecular complexity index is 911. The van der Waals surface area contributed by atoms with Crippen molar-refractivity contribution in [3.8, 4) is 0 Å². The van der Waals surface area contributed by atoms with Gasteiger partial charge < -0.3 is 10.6 Å². The molecule has 3 N–H and O–H groups in total. The third-order valence-corrected chi connectivity index (χ3v) is 6.55. The maximum Gasteiger partial charge on any atom is 0.262 e. The summed E-state index contributed by atoms with van der Waals surface area (Å²) >= 11 is 4.57. The van der Waals surface area contributed by atoms with Gasteiger partial charge in [-0.05, 0) is 65.7 Å². The second-order valence-corrected chi connectivity index (χ2v) is 10.1. The summed E-state index contributed by atoms with van der Waals surface area (Å²) in [5, 5.41) is 5.32. The van der Waals surface area contributed by atoms with E-state index >= 15 is 0 Å². The molecule has 2 aromatic rings. The first-order valence-corrected chi connectivity index (χ1v) is 11.4. The molecule has 2 rings (SSSR count). The molecular formula is C17H20BrN3O4S2. The predicted molar refractivity (Wildman–Crippen MR) is 112 cm³/mol. The molecule has 0 aliphatic heterocycles. The number of thiophene rings is 1. The molecule has 146 valence electrons. The molecule has 10 heteroatoms. The maximum atomic E-state index is 12.2. The Morgan fingerprint density at radius 1 is 1.11 bits per heavy atom. The second-order valence-electron chi connectivity index (χ2n) is 5.79. The van der Waals surface area contributed by atoms with Gasteiger partial charge in [0.1, 0.15) is 6.04 Å². The van der Waals surface area contributed by atoms with E-state index in [9.17, 15) is 18.0 Å². The first-order chi connectivity index (χ1) is 12.7. The normalized spacial score (nSPS) is 12.3. The molecule has 1 heterocycles. The number of carbonyl (C=O) groups excluding carboxylic acids is 2. The standard InChI is InChI=1S/C17H20BrN3O4S2/c1-3-10-27(24,25)21-13-6-4-12(5-7-13)20-16(22)11(2)19-17(23)14-8-9-15(18)26-14/h4-9,11,21H,3,10H2,1-2H3,(H,19,23)(H,20,22). The van der Waals surface area contributed by atoms with E-state index < -0.39 is 16.1 Å². The molecule has 1 aromatic carbocycles. The van der Waals surface area contributed by atoms with Crippen LogP contribution >= 0.6 is 27.3 Å². The van der Waals surface area contributed by atoms with Crippen molar-refractivity contribution in [2.45, 2.75) is 26.3 Å². The Balaban J connectivity index is 1.92. The van der Waals surface area contributed by atoms with Crippen LogP contribution in [-0.2, 0) is 14.8 Å². The van der Waals surface area contributed by atoms with Crippen LogP contribution in [0.1, 0.15) is 29.9 Å². The smallest absolute Gasteiger partial charge is 0.262 e. The minimum absolute atomic E-state index is 0.0452. The number of anilines is 2. The Hall–Kier alpha value is -1.91. The monoisotopic (exact) mass is 473 g/mol. The lowest BCUT2D eigenvalue weighted by molar-refractivity contribution is -0.117. The average Bonchev–Trinajstić information content (AvgIpc) is 3.02. The molecule has 7 nitrogen and oxygen atoms in total. The zero-order valence-corrected chi connectivity index (χ0v) is 18.0. The molecule has 0 aliphatic rings. The van der Waals surface area contributed by atoms with Crippen molar-refractivity contribution in [1.29, 1.82) is 0 Å². The van der Waals surface area contributed by atoms with Crippen LogP contribution in [0, 0.1) is 0 Å². The molecule has 0 spiro atoms. The summed E-state index contributed by atoms with van der Waals surface area (Å²) in [4.78, 5) is 24.8. The highest BCUT2D eigenvalue weighted by Gasteiger charge is 2.18. The van der Waals surface area contributed by atoms with Gasteiger partial charge in [0.05, 0.1) is 14.4 Å². The van der Waals surface area contributed by atoms with Gasteiger partial charge in [0, 0.05) is 11.4 Å². The van der Waals surface area contributed by atoms with Gasteiger partial charge in [-0.25, -0.2) is 8.42 Å². The zero-order valence-electron chi connectivity index (χ0n) is 14.8. The van der Waals surface area contributed by atoms with Crippen LogP contribution in [0.2, 0.25) is 0 Å². The van der Waals surface area contributed by atoms with Gasteiger partial charge in [0.2, 0.25) is 15.9 Å². The number of halogens is 1. The maximum absolute atomic E-state index is 12.2. The van der Waals surface area contributed by atoms with E-state index in [0.29, 0.717) is 22.7 Å². The van der Waals surface area contributed by atoms with E-state index in [2.05, 4.69) is 31.3 Å². The highest BCUT2D eigenvalue weighted by Crippen LogP contribution is 2.22. The topological polar surface area (TPSA) is 104 Å². The predicted octanol–water partition coefficient (Wildman–Crippen LogP) is 3.42. The molecule has 27 heavy (non-hydrogen) atoms. The van der Waals surface area contributed by atoms with E-state index in [-0.39, 0.29) is 17.6 Å². The van der Waals surface area contributed by atoms with Crippen molar-refractivity contribution in [2.75, 3.05) is 15.8 Å². The van der Waals surface area contributed by atoms with Gasteiger partial charge in [0.15, 0.2) is 0 Å². The van der Waals surface area contributed by atoms with Crippen LogP contribution in [0.25, 0.3) is 0 Å². The Morgan fingerprint density at radius 3 is 2.30 bits per heavy atom. The van der Waals surface area contributed by atoms with Gasteiger partial charge in [-0.1, -0.05) is 6.92 Å². The Labute approximate surface area is 170 Å². The van der Waals surface area contributed by atoms with Crippen molar-refractivity contribution in [3.05, 3.63) is 45.1 Å². The van der Waals surface area contributed by atoms with Crippen molar-refractivity contribution in [2.24, 2.45) is 0 Å². The molecule has 0 aliphatic carbocycles. The molecule has 0 bridgehead atoms. The summed E-state index contributed by atoms with van der Waals surface area (Å²) in [7, 11) is -3.36. The summed E-state index contributed by atoms with van der Waals surface area (Å²) in [6.45, 7) is 3.37. The molecule has 0 fully saturated rings. The fourth-order valence-electron chi connectivity index (χ4n) is 2.14. The number of benzene rings is 1.